The van der Waals surface area contributed by atoms with Crippen LogP contribution in [0.1, 0.15) is 42.4 Å². The van der Waals surface area contributed by atoms with Gasteiger partial charge >= 0.3 is 0 Å². The van der Waals surface area contributed by atoms with Gasteiger partial charge in [0.1, 0.15) is 17.6 Å². The number of carbonyl (C=O) groups excluding carboxylic acids is 2. The molecule has 0 aromatic heterocycles. The molecule has 0 heterocycles. The molecule has 6 heteroatoms. The van der Waals surface area contributed by atoms with Crippen LogP contribution in [0.5, 0.6) is 5.75 Å². The van der Waals surface area contributed by atoms with E-state index < -0.39 is 6.04 Å². The van der Waals surface area contributed by atoms with E-state index in [4.69, 9.17) is 4.74 Å². The van der Waals surface area contributed by atoms with Crippen LogP contribution in [0, 0.1) is 12.7 Å². The highest BCUT2D eigenvalue weighted by Crippen LogP contribution is 2.21. The normalized spacial score (nSPS) is 14.3. The van der Waals surface area contributed by atoms with E-state index in [0.29, 0.717) is 12.2 Å². The van der Waals surface area contributed by atoms with E-state index in [-0.39, 0.29) is 36.8 Å². The van der Waals surface area contributed by atoms with Gasteiger partial charge in [-0.2, -0.15) is 0 Å². The standard InChI is InChI=1S/C30H33FN2O3/c1-22-9-5-6-12-24(22)20-33(29(34)21-36-27-17-15-25(31)16-18-27)28(19-23-10-3-2-4-11-23)30(35)32-26-13-7-8-14-26/h2-6,9-12,15-18,26,28H,7-8,13-14,19-21H2,1H3,(H,32,35)/t28-/m1/s1. The minimum absolute atomic E-state index is 0.140. The number of amides is 2. The lowest BCUT2D eigenvalue weighted by Crippen LogP contribution is -2.53. The number of ether oxygens (including phenoxy) is 1. The molecule has 1 saturated carbocycles. The first-order valence-corrected chi connectivity index (χ1v) is 12.6. The van der Waals surface area contributed by atoms with Crippen LogP contribution in [0.4, 0.5) is 4.39 Å². The molecule has 1 fully saturated rings. The second-order valence-corrected chi connectivity index (χ2v) is 9.39. The first-order chi connectivity index (χ1) is 17.5. The van der Waals surface area contributed by atoms with Crippen LogP contribution in [0.3, 0.4) is 0 Å². The monoisotopic (exact) mass is 488 g/mol. The van der Waals surface area contributed by atoms with Gasteiger partial charge in [-0.15, -0.1) is 0 Å². The van der Waals surface area contributed by atoms with Gasteiger partial charge < -0.3 is 15.0 Å². The van der Waals surface area contributed by atoms with E-state index in [2.05, 4.69) is 5.32 Å². The molecule has 0 saturated heterocycles. The molecule has 4 rings (SSSR count). The molecule has 188 valence electrons. The van der Waals surface area contributed by atoms with Crippen molar-refractivity contribution < 1.29 is 18.7 Å². The summed E-state index contributed by atoms with van der Waals surface area (Å²) in [5.74, 6) is -0.420. The molecule has 0 bridgehead atoms. The van der Waals surface area contributed by atoms with Gasteiger partial charge in [0.15, 0.2) is 6.61 Å². The summed E-state index contributed by atoms with van der Waals surface area (Å²) in [6.07, 6.45) is 4.53. The van der Waals surface area contributed by atoms with Crippen molar-refractivity contribution >= 4 is 11.8 Å². The largest absolute Gasteiger partial charge is 0.484 e. The van der Waals surface area contributed by atoms with E-state index in [9.17, 15) is 14.0 Å². The summed E-state index contributed by atoms with van der Waals surface area (Å²) in [4.78, 5) is 28.9. The van der Waals surface area contributed by atoms with E-state index in [0.717, 1.165) is 42.4 Å². The van der Waals surface area contributed by atoms with Crippen molar-refractivity contribution in [3.8, 4) is 5.75 Å². The predicted molar refractivity (Wildman–Crippen MR) is 138 cm³/mol. The maximum atomic E-state index is 13.6. The van der Waals surface area contributed by atoms with Gasteiger partial charge in [-0.05, 0) is 60.7 Å². The molecule has 5 nitrogen and oxygen atoms in total. The smallest absolute Gasteiger partial charge is 0.261 e. The third-order valence-electron chi connectivity index (χ3n) is 6.75. The number of rotatable bonds is 10. The van der Waals surface area contributed by atoms with Crippen molar-refractivity contribution in [2.45, 2.75) is 57.7 Å². The maximum Gasteiger partial charge on any atom is 0.261 e. The zero-order valence-corrected chi connectivity index (χ0v) is 20.7. The molecular formula is C30H33FN2O3. The Morgan fingerprint density at radius 2 is 1.64 bits per heavy atom. The van der Waals surface area contributed by atoms with Gasteiger partial charge in [-0.3, -0.25) is 9.59 Å². The van der Waals surface area contributed by atoms with Crippen molar-refractivity contribution in [2.75, 3.05) is 6.61 Å². The highest BCUT2D eigenvalue weighted by atomic mass is 19.1. The summed E-state index contributed by atoms with van der Waals surface area (Å²) in [7, 11) is 0. The number of hydrogen-bond donors (Lipinski definition) is 1. The molecule has 1 aliphatic carbocycles. The second-order valence-electron chi connectivity index (χ2n) is 9.39. The molecule has 3 aromatic carbocycles. The SMILES string of the molecule is Cc1ccccc1CN(C(=O)COc1ccc(F)cc1)[C@H](Cc1ccccc1)C(=O)NC1CCCC1. The van der Waals surface area contributed by atoms with Gasteiger partial charge in [-0.25, -0.2) is 4.39 Å². The minimum Gasteiger partial charge on any atom is -0.484 e. The Kier molecular flexibility index (Phi) is 8.71. The van der Waals surface area contributed by atoms with Crippen molar-refractivity contribution in [1.82, 2.24) is 10.2 Å². The van der Waals surface area contributed by atoms with Gasteiger partial charge in [0.25, 0.3) is 5.91 Å². The second kappa shape index (κ2) is 12.3. The van der Waals surface area contributed by atoms with Gasteiger partial charge in [0, 0.05) is 19.0 Å². The van der Waals surface area contributed by atoms with Crippen LogP contribution in [0.15, 0.2) is 78.9 Å². The number of nitrogens with one attached hydrogen (secondary N) is 1. The zero-order valence-electron chi connectivity index (χ0n) is 20.7. The highest BCUT2D eigenvalue weighted by molar-refractivity contribution is 5.88. The molecule has 0 aliphatic heterocycles. The fourth-order valence-electron chi connectivity index (χ4n) is 4.65. The van der Waals surface area contributed by atoms with Crippen LogP contribution >= 0.6 is 0 Å². The molecular weight excluding hydrogens is 455 g/mol. The zero-order chi connectivity index (χ0) is 25.3. The molecule has 1 N–H and O–H groups in total. The number of aryl methyl sites for hydroxylation is 1. The molecule has 0 radical (unpaired) electrons. The summed E-state index contributed by atoms with van der Waals surface area (Å²) in [5.41, 5.74) is 3.00. The van der Waals surface area contributed by atoms with Gasteiger partial charge in [-0.1, -0.05) is 67.4 Å². The number of benzene rings is 3. The van der Waals surface area contributed by atoms with Crippen LogP contribution in [-0.2, 0) is 22.6 Å². The Balaban J connectivity index is 1.61. The molecule has 3 aromatic rings. The van der Waals surface area contributed by atoms with Crippen molar-refractivity contribution in [3.63, 3.8) is 0 Å². The maximum absolute atomic E-state index is 13.6. The predicted octanol–water partition coefficient (Wildman–Crippen LogP) is 5.21. The summed E-state index contributed by atoms with van der Waals surface area (Å²) in [6, 6.07) is 22.6. The molecule has 2 amide bonds. The lowest BCUT2D eigenvalue weighted by molar-refractivity contribution is -0.143. The first kappa shape index (κ1) is 25.4. The topological polar surface area (TPSA) is 58.6 Å². The summed E-state index contributed by atoms with van der Waals surface area (Å²) in [5, 5.41) is 3.20. The molecule has 0 spiro atoms. The molecule has 1 atom stereocenters. The van der Waals surface area contributed by atoms with E-state index in [1.54, 1.807) is 4.90 Å². The average Bonchev–Trinajstić information content (AvgIpc) is 3.40. The minimum atomic E-state index is -0.697. The fraction of sp³-hybridized carbons (Fsp3) is 0.333. The average molecular weight is 489 g/mol. The lowest BCUT2D eigenvalue weighted by atomic mass is 10.0. The third-order valence-corrected chi connectivity index (χ3v) is 6.75. The fourth-order valence-corrected chi connectivity index (χ4v) is 4.65. The van der Waals surface area contributed by atoms with Crippen molar-refractivity contribution in [3.05, 3.63) is 101 Å². The van der Waals surface area contributed by atoms with Crippen LogP contribution in [-0.4, -0.2) is 35.4 Å². The van der Waals surface area contributed by atoms with Crippen LogP contribution in [0.25, 0.3) is 0 Å². The molecule has 36 heavy (non-hydrogen) atoms. The van der Waals surface area contributed by atoms with Gasteiger partial charge in [0.05, 0.1) is 0 Å². The lowest BCUT2D eigenvalue weighted by Gasteiger charge is -2.32. The van der Waals surface area contributed by atoms with Crippen molar-refractivity contribution in [1.29, 1.82) is 0 Å². The number of halogens is 1. The Morgan fingerprint density at radius 1 is 0.972 bits per heavy atom. The summed E-state index contributed by atoms with van der Waals surface area (Å²) < 4.78 is 19.0. The molecule has 0 unspecified atom stereocenters. The Morgan fingerprint density at radius 3 is 2.33 bits per heavy atom. The number of carbonyl (C=O) groups is 2. The number of hydrogen-bond acceptors (Lipinski definition) is 3. The summed E-state index contributed by atoms with van der Waals surface area (Å²) in [6.45, 7) is 2.03. The van der Waals surface area contributed by atoms with E-state index in [1.165, 1.54) is 24.3 Å². The summed E-state index contributed by atoms with van der Waals surface area (Å²) >= 11 is 0. The Bertz CT molecular complexity index is 1140. The highest BCUT2D eigenvalue weighted by Gasteiger charge is 2.32. The van der Waals surface area contributed by atoms with Crippen LogP contribution in [0.2, 0.25) is 0 Å². The van der Waals surface area contributed by atoms with E-state index in [1.807, 2.05) is 61.5 Å². The quantitative estimate of drug-likeness (QED) is 0.426. The first-order valence-electron chi connectivity index (χ1n) is 12.6. The Hall–Kier alpha value is -3.67. The van der Waals surface area contributed by atoms with Crippen molar-refractivity contribution in [2.24, 2.45) is 0 Å². The third kappa shape index (κ3) is 6.94. The van der Waals surface area contributed by atoms with Crippen LogP contribution < -0.4 is 10.1 Å². The Labute approximate surface area is 212 Å². The van der Waals surface area contributed by atoms with Gasteiger partial charge in [0.2, 0.25) is 5.91 Å². The van der Waals surface area contributed by atoms with E-state index >= 15 is 0 Å². The number of nitrogens with zero attached hydrogens (tertiary/aromatic N) is 1. The molecule has 1 aliphatic rings.